The Hall–Kier alpha value is -2.67. The van der Waals surface area contributed by atoms with E-state index < -0.39 is 0 Å². The molecule has 0 radical (unpaired) electrons. The van der Waals surface area contributed by atoms with Crippen molar-refractivity contribution in [1.29, 1.82) is 10.5 Å². The van der Waals surface area contributed by atoms with Crippen molar-refractivity contribution >= 4 is 0 Å². The number of hydrogen-bond acceptors (Lipinski definition) is 5. The Kier molecular flexibility index (Phi) is 2.36. The van der Waals surface area contributed by atoms with E-state index in [0.717, 1.165) is 0 Å². The molecule has 2 rings (SSSR count). The van der Waals surface area contributed by atoms with Crippen LogP contribution < -0.4 is 0 Å². The van der Waals surface area contributed by atoms with Crippen LogP contribution >= 0.6 is 0 Å². The lowest BCUT2D eigenvalue weighted by Crippen LogP contribution is -2.06. The molecule has 0 aromatic carbocycles. The molecule has 0 saturated heterocycles. The van der Waals surface area contributed by atoms with Crippen molar-refractivity contribution in [2.24, 2.45) is 7.05 Å². The molecule has 2 aromatic heterocycles. The van der Waals surface area contributed by atoms with Gasteiger partial charge in [-0.15, -0.1) is 10.2 Å². The third-order valence-corrected chi connectivity index (χ3v) is 2.17. The van der Waals surface area contributed by atoms with Gasteiger partial charge in [0.25, 0.3) is 0 Å². The zero-order chi connectivity index (χ0) is 11.5. The molecular weight excluding hydrogens is 206 g/mol. The van der Waals surface area contributed by atoms with Gasteiger partial charge < -0.3 is 9.13 Å². The van der Waals surface area contributed by atoms with Gasteiger partial charge in [-0.05, 0) is 0 Å². The topological polar surface area (TPSA) is 96.1 Å². The van der Waals surface area contributed by atoms with Gasteiger partial charge >= 0.3 is 0 Å². The predicted octanol–water partition coefficient (Wildman–Crippen LogP) is -0.197. The second-order valence-electron chi connectivity index (χ2n) is 3.15. The third-order valence-electron chi connectivity index (χ3n) is 2.17. The molecule has 7 nitrogen and oxygen atoms in total. The first-order valence-electron chi connectivity index (χ1n) is 4.44. The minimum atomic E-state index is 0.129. The van der Waals surface area contributed by atoms with Gasteiger partial charge in [0.2, 0.25) is 0 Å². The fraction of sp³-hybridized carbons (Fsp3) is 0.222. The maximum absolute atomic E-state index is 8.91. The molecular formula is C9H7N7. The van der Waals surface area contributed by atoms with Gasteiger partial charge in [0.05, 0.1) is 12.9 Å². The smallest absolute Gasteiger partial charge is 0.176 e. The summed E-state index contributed by atoms with van der Waals surface area (Å²) >= 11 is 0. The predicted molar refractivity (Wildman–Crippen MR) is 51.8 cm³/mol. The van der Waals surface area contributed by atoms with Gasteiger partial charge in [-0.25, -0.2) is 4.98 Å². The number of nitrogens with zero attached hydrogens (tertiary/aromatic N) is 7. The van der Waals surface area contributed by atoms with Crippen LogP contribution in [0.1, 0.15) is 17.2 Å². The molecule has 0 aliphatic carbocycles. The van der Waals surface area contributed by atoms with Crippen LogP contribution in [0.5, 0.6) is 0 Å². The highest BCUT2D eigenvalue weighted by Crippen LogP contribution is 2.07. The van der Waals surface area contributed by atoms with Crippen LogP contribution in [0.15, 0.2) is 12.7 Å². The summed E-state index contributed by atoms with van der Waals surface area (Å²) in [5.41, 5.74) is 0.371. The van der Waals surface area contributed by atoms with Crippen LogP contribution in [-0.2, 0) is 13.6 Å². The van der Waals surface area contributed by atoms with E-state index in [4.69, 9.17) is 10.5 Å². The van der Waals surface area contributed by atoms with Crippen LogP contribution in [0.2, 0.25) is 0 Å². The fourth-order valence-electron chi connectivity index (χ4n) is 1.30. The molecule has 0 spiro atoms. The Morgan fingerprint density at radius 1 is 1.31 bits per heavy atom. The van der Waals surface area contributed by atoms with Crippen molar-refractivity contribution in [2.75, 3.05) is 0 Å². The van der Waals surface area contributed by atoms with E-state index in [1.54, 1.807) is 15.5 Å². The lowest BCUT2D eigenvalue weighted by atomic mass is 10.3. The van der Waals surface area contributed by atoms with Gasteiger partial charge in [0.1, 0.15) is 18.5 Å². The molecule has 2 aromatic rings. The van der Waals surface area contributed by atoms with Crippen molar-refractivity contribution < 1.29 is 0 Å². The average molecular weight is 213 g/mol. The van der Waals surface area contributed by atoms with Crippen LogP contribution in [0.3, 0.4) is 0 Å². The first kappa shape index (κ1) is 9.87. The second-order valence-corrected chi connectivity index (χ2v) is 3.15. The Balaban J connectivity index is 2.37. The van der Waals surface area contributed by atoms with E-state index in [1.807, 2.05) is 19.2 Å². The van der Waals surface area contributed by atoms with Gasteiger partial charge in [0.15, 0.2) is 17.2 Å². The van der Waals surface area contributed by atoms with E-state index in [9.17, 15) is 0 Å². The van der Waals surface area contributed by atoms with Crippen molar-refractivity contribution in [1.82, 2.24) is 24.3 Å². The maximum atomic E-state index is 8.91. The Bertz CT molecular complexity index is 592. The molecule has 0 amide bonds. The average Bonchev–Trinajstić information content (AvgIpc) is 2.86. The van der Waals surface area contributed by atoms with E-state index in [1.165, 1.54) is 6.33 Å². The van der Waals surface area contributed by atoms with E-state index in [0.29, 0.717) is 12.4 Å². The Morgan fingerprint density at radius 3 is 2.69 bits per heavy atom. The zero-order valence-corrected chi connectivity index (χ0v) is 8.49. The van der Waals surface area contributed by atoms with Crippen LogP contribution in [-0.4, -0.2) is 24.3 Å². The van der Waals surface area contributed by atoms with Crippen molar-refractivity contribution in [3.63, 3.8) is 0 Å². The molecule has 0 atom stereocenters. The van der Waals surface area contributed by atoms with Gasteiger partial charge in [-0.3, -0.25) is 0 Å². The first-order chi connectivity index (χ1) is 7.76. The minimum absolute atomic E-state index is 0.129. The molecule has 0 bridgehead atoms. The van der Waals surface area contributed by atoms with Gasteiger partial charge in [-0.1, -0.05) is 0 Å². The number of aryl methyl sites for hydroxylation is 1. The van der Waals surface area contributed by atoms with Gasteiger partial charge in [-0.2, -0.15) is 10.5 Å². The second kappa shape index (κ2) is 3.83. The largest absolute Gasteiger partial charge is 0.319 e. The lowest BCUT2D eigenvalue weighted by molar-refractivity contribution is 0.691. The third kappa shape index (κ3) is 1.51. The minimum Gasteiger partial charge on any atom is -0.319 e. The van der Waals surface area contributed by atoms with Gasteiger partial charge in [0, 0.05) is 7.05 Å². The van der Waals surface area contributed by atoms with Crippen molar-refractivity contribution in [2.45, 2.75) is 6.54 Å². The van der Waals surface area contributed by atoms with Crippen LogP contribution in [0.25, 0.3) is 0 Å². The summed E-state index contributed by atoms with van der Waals surface area (Å²) in [5.74, 6) is 0.693. The van der Waals surface area contributed by atoms with Crippen LogP contribution in [0, 0.1) is 22.7 Å². The number of aromatic nitrogens is 5. The fourth-order valence-corrected chi connectivity index (χ4v) is 1.30. The van der Waals surface area contributed by atoms with E-state index in [2.05, 4.69) is 15.2 Å². The Morgan fingerprint density at radius 2 is 2.12 bits per heavy atom. The molecule has 2 heterocycles. The summed E-state index contributed by atoms with van der Waals surface area (Å²) < 4.78 is 3.32. The summed E-state index contributed by atoms with van der Waals surface area (Å²) in [6.45, 7) is 0.369. The molecule has 0 aliphatic heterocycles. The highest BCUT2D eigenvalue weighted by atomic mass is 15.3. The molecule has 0 N–H and O–H groups in total. The number of hydrogen-bond donors (Lipinski definition) is 0. The summed E-state index contributed by atoms with van der Waals surface area (Å²) in [6.07, 6.45) is 3.02. The molecule has 0 fully saturated rings. The number of rotatable bonds is 2. The van der Waals surface area contributed by atoms with Crippen LogP contribution in [0.4, 0.5) is 0 Å². The Labute approximate surface area is 91.2 Å². The maximum Gasteiger partial charge on any atom is 0.176 e. The summed E-state index contributed by atoms with van der Waals surface area (Å²) in [5, 5.41) is 25.3. The summed E-state index contributed by atoms with van der Waals surface area (Å²) in [6, 6.07) is 3.81. The molecule has 16 heavy (non-hydrogen) atoms. The quantitative estimate of drug-likeness (QED) is 0.688. The number of nitriles is 2. The SMILES string of the molecule is Cn1cnnc1Cn1cnc(C#N)c1C#N. The summed E-state index contributed by atoms with van der Waals surface area (Å²) in [7, 11) is 1.81. The number of imidazole rings is 1. The molecule has 78 valence electrons. The molecule has 7 heteroatoms. The highest BCUT2D eigenvalue weighted by Gasteiger charge is 2.11. The standard InChI is InChI=1S/C9H7N7/c1-15-6-13-14-9(15)4-16-5-12-7(2-10)8(16)3-11/h5-6H,4H2,1H3. The van der Waals surface area contributed by atoms with Crippen molar-refractivity contribution in [3.05, 3.63) is 29.9 Å². The molecule has 0 saturated carbocycles. The monoisotopic (exact) mass is 213 g/mol. The van der Waals surface area contributed by atoms with E-state index >= 15 is 0 Å². The summed E-state index contributed by atoms with van der Waals surface area (Å²) in [4.78, 5) is 3.84. The molecule has 0 aliphatic rings. The normalized spacial score (nSPS) is 9.69. The molecule has 0 unspecified atom stereocenters. The lowest BCUT2D eigenvalue weighted by Gasteiger charge is -2.02. The first-order valence-corrected chi connectivity index (χ1v) is 4.44. The zero-order valence-electron chi connectivity index (χ0n) is 8.49. The van der Waals surface area contributed by atoms with E-state index in [-0.39, 0.29) is 11.4 Å². The highest BCUT2D eigenvalue weighted by molar-refractivity contribution is 5.36. The van der Waals surface area contributed by atoms with Crippen molar-refractivity contribution in [3.8, 4) is 12.1 Å².